The van der Waals surface area contributed by atoms with Crippen molar-refractivity contribution in [1.29, 1.82) is 5.26 Å². The number of anilines is 2. The Morgan fingerprint density at radius 3 is 1.71 bits per heavy atom. The zero-order valence-corrected chi connectivity index (χ0v) is 43.1. The average Bonchev–Trinajstić information content (AvgIpc) is 4.26. The highest BCUT2D eigenvalue weighted by Gasteiger charge is 2.19. The number of hydrogen-bond acceptors (Lipinski definition) is 13. The van der Waals surface area contributed by atoms with Crippen molar-refractivity contribution in [3.05, 3.63) is 171 Å². The van der Waals surface area contributed by atoms with Gasteiger partial charge in [-0.25, -0.2) is 24.6 Å². The summed E-state index contributed by atoms with van der Waals surface area (Å²) >= 11 is 18.8. The van der Waals surface area contributed by atoms with Crippen molar-refractivity contribution in [2.75, 3.05) is 23.8 Å². The zero-order valence-electron chi connectivity index (χ0n) is 39.9. The zero-order chi connectivity index (χ0) is 53.9. The Bertz CT molecular complexity index is 3310. The second-order valence-corrected chi connectivity index (χ2v) is 18.2. The predicted molar refractivity (Wildman–Crippen MR) is 288 cm³/mol. The van der Waals surface area contributed by atoms with Gasteiger partial charge in [-0.15, -0.1) is 0 Å². The summed E-state index contributed by atoms with van der Waals surface area (Å²) in [5, 5.41) is 32.0. The number of ether oxygens (including phenoxy) is 1. The highest BCUT2D eigenvalue weighted by atomic mass is 35.5. The number of fused-ring (bicyclic) bond motifs is 2. The molecule has 2 atom stereocenters. The smallest absolute Gasteiger partial charge is 0.269 e. The number of carbonyl (C=O) groups is 4. The fourth-order valence-corrected chi connectivity index (χ4v) is 8.07. The minimum absolute atomic E-state index is 0.208. The standard InChI is InChI=1S/C24H20ClFN6O2S.C15H15FN4O2.C8H4ClN3S.C4H8O/c1-13(14-2-5-17(26)6-3-14)23(33)29-20-10-16(8-9-27-20)24(34)32-31-21(35)11-15-4-7-19-18(22(15)25)12-28-30-19;1-9(10-2-4-12(16)5-3-10)14(21)19-13-8-11(6-7-18-13)15(22)20-17;9-8-5-3-11-12-6(5)1-2-7(8)13-4-10;1-2-4-5-3-1/h2-10,12-13H,11H2,1H3,(H,28,30)(H,31,35)(H,32,34)(H,27,29,33);2-9H,17H2,1H3,(H,20,22)(H,18,19,21);1-3H,(H,11,12);1-4H2. The number of nitriles is 1. The molecule has 0 bridgehead atoms. The Morgan fingerprint density at radius 2 is 1.23 bits per heavy atom. The Hall–Kier alpha value is -7.91. The van der Waals surface area contributed by atoms with Crippen molar-refractivity contribution < 1.29 is 32.7 Å². The van der Waals surface area contributed by atoms with E-state index in [1.165, 1.54) is 73.8 Å². The van der Waals surface area contributed by atoms with Crippen molar-refractivity contribution in [2.45, 2.75) is 49.8 Å². The second kappa shape index (κ2) is 28.0. The van der Waals surface area contributed by atoms with E-state index in [0.29, 0.717) is 32.6 Å². The molecule has 0 aliphatic carbocycles. The number of pyridine rings is 2. The summed E-state index contributed by atoms with van der Waals surface area (Å²) in [4.78, 5) is 57.9. The van der Waals surface area contributed by atoms with Gasteiger partial charge in [-0.1, -0.05) is 65.8 Å². The number of aromatic amines is 2. The molecule has 24 heteroatoms. The highest BCUT2D eigenvalue weighted by Crippen LogP contribution is 2.32. The van der Waals surface area contributed by atoms with E-state index < -0.39 is 23.7 Å². The number of halogens is 4. The number of H-pyrrole nitrogens is 2. The second-order valence-electron chi connectivity index (χ2n) is 16.1. The first-order chi connectivity index (χ1) is 36.1. The molecule has 1 saturated heterocycles. The number of amides is 4. The van der Waals surface area contributed by atoms with Crippen LogP contribution in [0.4, 0.5) is 20.4 Å². The van der Waals surface area contributed by atoms with E-state index in [9.17, 15) is 28.0 Å². The molecule has 0 saturated carbocycles. The van der Waals surface area contributed by atoms with Gasteiger partial charge in [-0.2, -0.15) is 15.5 Å². The van der Waals surface area contributed by atoms with Gasteiger partial charge in [0.1, 0.15) is 28.7 Å². The number of nitrogens with zero attached hydrogens (tertiary/aromatic N) is 5. The fourth-order valence-electron chi connectivity index (χ4n) is 6.82. The monoisotopic (exact) mass is 1090 g/mol. The number of benzene rings is 4. The molecule has 1 aliphatic heterocycles. The van der Waals surface area contributed by atoms with Crippen molar-refractivity contribution in [1.82, 2.24) is 46.6 Å². The molecule has 1 aliphatic rings. The van der Waals surface area contributed by atoms with Crippen LogP contribution >= 0.6 is 47.2 Å². The van der Waals surface area contributed by atoms with E-state index in [1.54, 1.807) is 56.6 Å². The number of hydrazine groups is 2. The van der Waals surface area contributed by atoms with E-state index in [1.807, 2.05) is 29.0 Å². The topological polar surface area (TPSA) is 271 Å². The van der Waals surface area contributed by atoms with Crippen LogP contribution in [-0.4, -0.2) is 72.2 Å². The summed E-state index contributed by atoms with van der Waals surface area (Å²) in [5.74, 6) is 2.12. The average molecular weight is 1100 g/mol. The van der Waals surface area contributed by atoms with Crippen LogP contribution in [0.15, 0.2) is 127 Å². The number of thiocyanates is 1. The molecule has 4 aromatic carbocycles. The van der Waals surface area contributed by atoms with Crippen LogP contribution in [0.2, 0.25) is 10.0 Å². The first kappa shape index (κ1) is 56.4. The van der Waals surface area contributed by atoms with Crippen LogP contribution in [0, 0.1) is 22.3 Å². The van der Waals surface area contributed by atoms with E-state index in [-0.39, 0.29) is 46.2 Å². The Kier molecular flexibility index (Phi) is 21.0. The maximum atomic E-state index is 13.1. The molecule has 8 aromatic rings. The van der Waals surface area contributed by atoms with Crippen LogP contribution in [0.1, 0.15) is 75.9 Å². The van der Waals surface area contributed by atoms with Gasteiger partial charge in [0.15, 0.2) is 0 Å². The molecule has 2 unspecified atom stereocenters. The molecule has 0 spiro atoms. The number of nitrogen functional groups attached to an aromatic ring is 1. The van der Waals surface area contributed by atoms with E-state index in [4.69, 9.17) is 51.3 Å². The summed E-state index contributed by atoms with van der Waals surface area (Å²) < 4.78 is 31.0. The van der Waals surface area contributed by atoms with Crippen LogP contribution in [0.5, 0.6) is 0 Å². The van der Waals surface area contributed by atoms with Crippen LogP contribution in [0.3, 0.4) is 0 Å². The molecular formula is C51H47Cl2F2N13O5S2. The molecule has 5 heterocycles. The lowest BCUT2D eigenvalue weighted by Crippen LogP contribution is -2.41. The summed E-state index contributed by atoms with van der Waals surface area (Å²) in [6.07, 6.45) is 8.96. The van der Waals surface area contributed by atoms with Gasteiger partial charge in [0.05, 0.1) is 50.3 Å². The molecule has 4 amide bonds. The van der Waals surface area contributed by atoms with E-state index >= 15 is 0 Å². The van der Waals surface area contributed by atoms with Gasteiger partial charge >= 0.3 is 0 Å². The largest absolute Gasteiger partial charge is 0.381 e. The summed E-state index contributed by atoms with van der Waals surface area (Å²) in [5.41, 5.74) is 11.6. The third-order valence-corrected chi connectivity index (χ3v) is 12.9. The SMILES string of the molecule is C1CCOC1.CC(C(=O)Nc1cc(C(=O)NN)ccn1)c1ccc(F)cc1.CC(C(=O)Nc1cc(C(=O)NNC(=S)Cc2ccc3[nH]ncc3c2Cl)ccn1)c1ccc(F)cc1.N#CSc1ccc2[nH]ncc2c1Cl. The number of rotatable bonds is 11. The van der Waals surface area contributed by atoms with Crippen LogP contribution in [0.25, 0.3) is 21.8 Å². The van der Waals surface area contributed by atoms with Gasteiger partial charge in [0.25, 0.3) is 11.8 Å². The van der Waals surface area contributed by atoms with Gasteiger partial charge in [0, 0.05) is 58.8 Å². The van der Waals surface area contributed by atoms with Crippen LogP contribution in [-0.2, 0) is 20.7 Å². The Labute approximate surface area is 447 Å². The van der Waals surface area contributed by atoms with E-state index in [2.05, 4.69) is 51.8 Å². The summed E-state index contributed by atoms with van der Waals surface area (Å²) in [6.45, 7) is 5.39. The van der Waals surface area contributed by atoms with Crippen molar-refractivity contribution in [3.63, 3.8) is 0 Å². The molecule has 75 heavy (non-hydrogen) atoms. The minimum atomic E-state index is -0.540. The van der Waals surface area contributed by atoms with Gasteiger partial charge in [-0.05, 0) is 122 Å². The minimum Gasteiger partial charge on any atom is -0.381 e. The number of aromatic nitrogens is 6. The molecule has 18 nitrogen and oxygen atoms in total. The molecular weight excluding hydrogens is 1050 g/mol. The number of nitrogens with one attached hydrogen (secondary N) is 7. The number of nitrogens with two attached hydrogens (primary N) is 1. The molecule has 4 aromatic heterocycles. The molecule has 1 fully saturated rings. The number of thiocarbonyl (C=S) groups is 1. The van der Waals surface area contributed by atoms with Crippen molar-refractivity contribution in [2.24, 2.45) is 5.84 Å². The lowest BCUT2D eigenvalue weighted by atomic mass is 10.0. The molecule has 9 N–H and O–H groups in total. The quantitative estimate of drug-likeness (QED) is 0.0150. The molecule has 386 valence electrons. The fraction of sp³-hybridized carbons (Fsp3) is 0.176. The van der Waals surface area contributed by atoms with Crippen LogP contribution < -0.4 is 32.8 Å². The maximum Gasteiger partial charge on any atom is 0.269 e. The normalized spacial score (nSPS) is 12.2. The van der Waals surface area contributed by atoms with Gasteiger partial charge in [0.2, 0.25) is 11.8 Å². The lowest BCUT2D eigenvalue weighted by molar-refractivity contribution is -0.118. The number of hydrogen-bond donors (Lipinski definition) is 8. The summed E-state index contributed by atoms with van der Waals surface area (Å²) in [7, 11) is 0. The maximum absolute atomic E-state index is 13.1. The first-order valence-electron chi connectivity index (χ1n) is 22.7. The van der Waals surface area contributed by atoms with Gasteiger partial charge < -0.3 is 15.4 Å². The Balaban J connectivity index is 0.000000192. The third kappa shape index (κ3) is 16.3. The molecule has 0 radical (unpaired) electrons. The van der Waals surface area contributed by atoms with Crippen molar-refractivity contribution >= 4 is 109 Å². The lowest BCUT2D eigenvalue weighted by Gasteiger charge is -2.13. The van der Waals surface area contributed by atoms with Crippen molar-refractivity contribution in [3.8, 4) is 5.40 Å². The number of carbonyl (C=O) groups excluding carboxylic acids is 4. The first-order valence-corrected chi connectivity index (χ1v) is 24.6. The summed E-state index contributed by atoms with van der Waals surface area (Å²) in [6, 6.07) is 24.6. The third-order valence-electron chi connectivity index (χ3n) is 11.0. The molecule has 9 rings (SSSR count). The predicted octanol–water partition coefficient (Wildman–Crippen LogP) is 9.45. The highest BCUT2D eigenvalue weighted by molar-refractivity contribution is 8.03. The number of thioether (sulfide) groups is 1. The Morgan fingerprint density at radius 1 is 0.733 bits per heavy atom. The van der Waals surface area contributed by atoms with Gasteiger partial charge in [-0.3, -0.25) is 45.7 Å². The van der Waals surface area contributed by atoms with E-state index in [0.717, 1.165) is 57.2 Å².